The van der Waals surface area contributed by atoms with Crippen LogP contribution in [0.3, 0.4) is 0 Å². The Bertz CT molecular complexity index is 1300. The van der Waals surface area contributed by atoms with Crippen LogP contribution in [0.1, 0.15) is 41.6 Å². The van der Waals surface area contributed by atoms with E-state index < -0.39 is 0 Å². The van der Waals surface area contributed by atoms with Gasteiger partial charge in [0, 0.05) is 42.6 Å². The Kier molecular flexibility index (Phi) is 5.46. The molecular weight excluding hydrogens is 418 g/mol. The first kappa shape index (κ1) is 21.2. The van der Waals surface area contributed by atoms with Gasteiger partial charge < -0.3 is 9.88 Å². The van der Waals surface area contributed by atoms with Crippen LogP contribution < -0.4 is 5.32 Å². The Morgan fingerprint density at radius 2 is 1.47 bits per heavy atom. The van der Waals surface area contributed by atoms with Gasteiger partial charge in [0.2, 0.25) is 0 Å². The van der Waals surface area contributed by atoms with Gasteiger partial charge in [-0.1, -0.05) is 78.9 Å². The SMILES string of the molecule is Cn1c(-c2ccccc2)c(C(=O)NC2CC3CCC(C2)N3Cc2ccccc2)c2ccccc21. The maximum absolute atomic E-state index is 13.8. The third-order valence-corrected chi connectivity index (χ3v) is 7.81. The number of rotatable bonds is 5. The highest BCUT2D eigenvalue weighted by molar-refractivity contribution is 6.12. The largest absolute Gasteiger partial charge is 0.349 e. The second-order valence-corrected chi connectivity index (χ2v) is 9.85. The second kappa shape index (κ2) is 8.77. The second-order valence-electron chi connectivity index (χ2n) is 9.85. The van der Waals surface area contributed by atoms with E-state index >= 15 is 0 Å². The van der Waals surface area contributed by atoms with Crippen molar-refractivity contribution in [2.75, 3.05) is 0 Å². The molecule has 4 heteroatoms. The minimum Gasteiger partial charge on any atom is -0.349 e. The quantitative estimate of drug-likeness (QED) is 0.420. The van der Waals surface area contributed by atoms with Crippen molar-refractivity contribution in [2.24, 2.45) is 7.05 Å². The third-order valence-electron chi connectivity index (χ3n) is 7.81. The summed E-state index contributed by atoms with van der Waals surface area (Å²) < 4.78 is 2.16. The van der Waals surface area contributed by atoms with Gasteiger partial charge in [-0.05, 0) is 42.9 Å². The van der Waals surface area contributed by atoms with Crippen LogP contribution in [0.15, 0.2) is 84.9 Å². The topological polar surface area (TPSA) is 37.3 Å². The van der Waals surface area contributed by atoms with Crippen molar-refractivity contribution in [1.29, 1.82) is 0 Å². The maximum atomic E-state index is 13.8. The fraction of sp³-hybridized carbons (Fsp3) is 0.300. The van der Waals surface area contributed by atoms with E-state index in [-0.39, 0.29) is 11.9 Å². The lowest BCUT2D eigenvalue weighted by molar-refractivity contribution is 0.0829. The number of fused-ring (bicyclic) bond motifs is 3. The third kappa shape index (κ3) is 3.72. The first-order valence-electron chi connectivity index (χ1n) is 12.4. The predicted molar refractivity (Wildman–Crippen MR) is 138 cm³/mol. The van der Waals surface area contributed by atoms with Crippen LogP contribution in [0.25, 0.3) is 22.2 Å². The Morgan fingerprint density at radius 3 is 2.18 bits per heavy atom. The average Bonchev–Trinajstić information content (AvgIpc) is 3.29. The summed E-state index contributed by atoms with van der Waals surface area (Å²) in [6, 6.07) is 30.6. The highest BCUT2D eigenvalue weighted by Crippen LogP contribution is 2.38. The van der Waals surface area contributed by atoms with E-state index in [0.29, 0.717) is 12.1 Å². The molecule has 0 saturated carbocycles. The molecule has 6 rings (SSSR count). The molecule has 0 radical (unpaired) electrons. The van der Waals surface area contributed by atoms with Crippen LogP contribution in [0, 0.1) is 0 Å². The number of para-hydroxylation sites is 1. The Balaban J connectivity index is 1.26. The number of carbonyl (C=O) groups excluding carboxylic acids is 1. The molecule has 3 aromatic carbocycles. The van der Waals surface area contributed by atoms with E-state index in [1.807, 2.05) is 30.3 Å². The molecule has 2 saturated heterocycles. The average molecular weight is 450 g/mol. The van der Waals surface area contributed by atoms with Crippen molar-refractivity contribution >= 4 is 16.8 Å². The standard InChI is InChI=1S/C30H31N3O/c1-32-27-15-9-8-14-26(27)28(29(32)22-12-6-3-7-13-22)30(34)31-23-18-24-16-17-25(19-23)33(24)20-21-10-4-2-5-11-21/h2-15,23-25H,16-20H2,1H3,(H,31,34). The van der Waals surface area contributed by atoms with Crippen LogP contribution in [-0.2, 0) is 13.6 Å². The summed E-state index contributed by atoms with van der Waals surface area (Å²) in [6.07, 6.45) is 4.52. The summed E-state index contributed by atoms with van der Waals surface area (Å²) in [4.78, 5) is 16.5. The summed E-state index contributed by atoms with van der Waals surface area (Å²) in [7, 11) is 2.06. The van der Waals surface area contributed by atoms with Crippen molar-refractivity contribution in [3.05, 3.63) is 96.1 Å². The molecule has 0 aliphatic carbocycles. The molecule has 3 heterocycles. The van der Waals surface area contributed by atoms with Crippen molar-refractivity contribution in [3.8, 4) is 11.3 Å². The molecule has 4 aromatic rings. The molecule has 1 amide bonds. The molecule has 2 unspecified atom stereocenters. The smallest absolute Gasteiger partial charge is 0.254 e. The number of benzene rings is 3. The van der Waals surface area contributed by atoms with E-state index in [4.69, 9.17) is 0 Å². The van der Waals surface area contributed by atoms with E-state index in [9.17, 15) is 4.79 Å². The van der Waals surface area contributed by atoms with Crippen LogP contribution in [0.5, 0.6) is 0 Å². The van der Waals surface area contributed by atoms with E-state index in [1.165, 1.54) is 18.4 Å². The highest BCUT2D eigenvalue weighted by Gasteiger charge is 2.41. The summed E-state index contributed by atoms with van der Waals surface area (Å²) in [5.74, 6) is 0.0524. The molecule has 2 fully saturated rings. The normalized spacial score (nSPS) is 22.2. The maximum Gasteiger partial charge on any atom is 0.254 e. The zero-order valence-electron chi connectivity index (χ0n) is 19.7. The molecule has 2 aliphatic rings. The summed E-state index contributed by atoms with van der Waals surface area (Å²) >= 11 is 0. The van der Waals surface area contributed by atoms with Gasteiger partial charge in [0.25, 0.3) is 5.91 Å². The molecule has 0 spiro atoms. The molecule has 1 aromatic heterocycles. The van der Waals surface area contributed by atoms with Crippen LogP contribution in [0.4, 0.5) is 0 Å². The number of carbonyl (C=O) groups is 1. The number of nitrogens with one attached hydrogen (secondary N) is 1. The Morgan fingerprint density at radius 1 is 0.853 bits per heavy atom. The van der Waals surface area contributed by atoms with E-state index in [0.717, 1.165) is 47.1 Å². The van der Waals surface area contributed by atoms with Gasteiger partial charge >= 0.3 is 0 Å². The zero-order valence-corrected chi connectivity index (χ0v) is 19.7. The van der Waals surface area contributed by atoms with Crippen molar-refractivity contribution < 1.29 is 4.79 Å². The van der Waals surface area contributed by atoms with E-state index in [2.05, 4.69) is 76.4 Å². The Labute approximate surface area is 201 Å². The van der Waals surface area contributed by atoms with Crippen molar-refractivity contribution in [3.63, 3.8) is 0 Å². The first-order valence-corrected chi connectivity index (χ1v) is 12.4. The van der Waals surface area contributed by atoms with Crippen LogP contribution in [-0.4, -0.2) is 33.5 Å². The van der Waals surface area contributed by atoms with E-state index in [1.54, 1.807) is 0 Å². The number of aromatic nitrogens is 1. The number of aryl methyl sites for hydroxylation is 1. The van der Waals surface area contributed by atoms with Gasteiger partial charge in [-0.2, -0.15) is 0 Å². The van der Waals surface area contributed by atoms with Gasteiger partial charge in [0.1, 0.15) is 0 Å². The molecule has 2 atom stereocenters. The number of amides is 1. The lowest BCUT2D eigenvalue weighted by atomic mass is 9.95. The van der Waals surface area contributed by atoms with Crippen molar-refractivity contribution in [1.82, 2.24) is 14.8 Å². The molecule has 34 heavy (non-hydrogen) atoms. The number of hydrogen-bond donors (Lipinski definition) is 1. The summed E-state index contributed by atoms with van der Waals surface area (Å²) in [5, 5.41) is 4.48. The number of piperidine rings is 1. The fourth-order valence-electron chi connectivity index (χ4n) is 6.26. The number of nitrogens with zero attached hydrogens (tertiary/aromatic N) is 2. The lowest BCUT2D eigenvalue weighted by Crippen LogP contribution is -2.50. The summed E-state index contributed by atoms with van der Waals surface area (Å²) in [5.41, 5.74) is 5.32. The zero-order chi connectivity index (χ0) is 23.1. The Hall–Kier alpha value is -3.37. The molecule has 1 N–H and O–H groups in total. The van der Waals surface area contributed by atoms with Gasteiger partial charge in [0.15, 0.2) is 0 Å². The van der Waals surface area contributed by atoms with Gasteiger partial charge in [-0.25, -0.2) is 0 Å². The van der Waals surface area contributed by atoms with Gasteiger partial charge in [-0.3, -0.25) is 9.69 Å². The molecule has 4 nitrogen and oxygen atoms in total. The van der Waals surface area contributed by atoms with Gasteiger partial charge in [-0.15, -0.1) is 0 Å². The fourth-order valence-corrected chi connectivity index (χ4v) is 6.26. The van der Waals surface area contributed by atoms with Crippen LogP contribution in [0.2, 0.25) is 0 Å². The van der Waals surface area contributed by atoms with Gasteiger partial charge in [0.05, 0.1) is 11.3 Å². The van der Waals surface area contributed by atoms with Crippen molar-refractivity contribution in [2.45, 2.75) is 50.4 Å². The van der Waals surface area contributed by atoms with Crippen LogP contribution >= 0.6 is 0 Å². The highest BCUT2D eigenvalue weighted by atomic mass is 16.1. The minimum absolute atomic E-state index is 0.0524. The first-order chi connectivity index (χ1) is 16.7. The number of hydrogen-bond acceptors (Lipinski definition) is 2. The predicted octanol–water partition coefficient (Wildman–Crippen LogP) is 5.77. The molecular formula is C30H31N3O. The summed E-state index contributed by atoms with van der Waals surface area (Å²) in [6.45, 7) is 1.01. The monoisotopic (exact) mass is 449 g/mol. The lowest BCUT2D eigenvalue weighted by Gasteiger charge is -2.39. The minimum atomic E-state index is 0.0524. The molecule has 2 bridgehead atoms. The molecule has 2 aliphatic heterocycles. The molecule has 172 valence electrons.